The minimum Gasteiger partial charge on any atom is -0.361 e. The summed E-state index contributed by atoms with van der Waals surface area (Å²) in [5.74, 6) is 0.202. The van der Waals surface area contributed by atoms with Crippen LogP contribution in [-0.2, 0) is 11.2 Å². The van der Waals surface area contributed by atoms with Gasteiger partial charge in [-0.1, -0.05) is 32.0 Å². The number of rotatable bonds is 5. The number of benzene rings is 1. The molecule has 1 aromatic heterocycles. The number of Topliss-reactive ketones (excluding diaryl/α,β-unsaturated/α-hetero) is 1. The Morgan fingerprint density at radius 1 is 1.39 bits per heavy atom. The average Bonchev–Trinajstić information content (AvgIpc) is 2.80. The molecule has 2 atom stereocenters. The predicted molar refractivity (Wildman–Crippen MR) is 74.4 cm³/mol. The van der Waals surface area contributed by atoms with E-state index in [-0.39, 0.29) is 11.7 Å². The molecule has 3 heteroatoms. The Bertz CT molecular complexity index is 544. The highest BCUT2D eigenvalue weighted by Gasteiger charge is 2.20. The SMILES string of the molecule is CCC(C)C(=O)[C@H](N)Cc1c[nH]c2ccccc12. The van der Waals surface area contributed by atoms with Gasteiger partial charge in [0.25, 0.3) is 0 Å². The first-order valence-electron chi connectivity index (χ1n) is 6.47. The van der Waals surface area contributed by atoms with Crippen LogP contribution in [0.1, 0.15) is 25.8 Å². The number of para-hydroxylation sites is 1. The minimum absolute atomic E-state index is 0.0465. The number of aromatic nitrogens is 1. The Kier molecular flexibility index (Phi) is 3.82. The molecule has 2 aromatic rings. The first kappa shape index (κ1) is 12.8. The topological polar surface area (TPSA) is 58.9 Å². The van der Waals surface area contributed by atoms with E-state index in [1.165, 1.54) is 0 Å². The number of nitrogens with one attached hydrogen (secondary N) is 1. The monoisotopic (exact) mass is 244 g/mol. The maximum atomic E-state index is 12.0. The number of H-pyrrole nitrogens is 1. The van der Waals surface area contributed by atoms with Crippen LogP contribution in [0, 0.1) is 5.92 Å². The number of fused-ring (bicyclic) bond motifs is 1. The van der Waals surface area contributed by atoms with Gasteiger partial charge in [0, 0.05) is 23.0 Å². The third-order valence-electron chi connectivity index (χ3n) is 3.58. The van der Waals surface area contributed by atoms with Crippen LogP contribution in [0.15, 0.2) is 30.5 Å². The molecule has 0 radical (unpaired) electrons. The molecule has 0 amide bonds. The van der Waals surface area contributed by atoms with E-state index in [1.54, 1.807) is 0 Å². The summed E-state index contributed by atoms with van der Waals surface area (Å²) in [7, 11) is 0. The zero-order chi connectivity index (χ0) is 13.1. The first-order valence-corrected chi connectivity index (χ1v) is 6.47. The van der Waals surface area contributed by atoms with Gasteiger partial charge in [-0.15, -0.1) is 0 Å². The summed E-state index contributed by atoms with van der Waals surface area (Å²) in [6.45, 7) is 3.96. The van der Waals surface area contributed by atoms with Crippen LogP contribution in [0.4, 0.5) is 0 Å². The van der Waals surface area contributed by atoms with Crippen LogP contribution in [-0.4, -0.2) is 16.8 Å². The fraction of sp³-hybridized carbons (Fsp3) is 0.400. The molecule has 0 aliphatic rings. The molecule has 0 aliphatic heterocycles. The maximum Gasteiger partial charge on any atom is 0.152 e. The number of carbonyl (C=O) groups is 1. The van der Waals surface area contributed by atoms with Gasteiger partial charge in [-0.2, -0.15) is 0 Å². The van der Waals surface area contributed by atoms with E-state index >= 15 is 0 Å². The van der Waals surface area contributed by atoms with Gasteiger partial charge in [0.05, 0.1) is 6.04 Å². The second-order valence-electron chi connectivity index (χ2n) is 4.88. The van der Waals surface area contributed by atoms with Crippen molar-refractivity contribution in [1.29, 1.82) is 0 Å². The molecule has 1 unspecified atom stereocenters. The van der Waals surface area contributed by atoms with Gasteiger partial charge >= 0.3 is 0 Å². The number of aromatic amines is 1. The Morgan fingerprint density at radius 3 is 2.83 bits per heavy atom. The average molecular weight is 244 g/mol. The van der Waals surface area contributed by atoms with Crippen LogP contribution in [0.5, 0.6) is 0 Å². The van der Waals surface area contributed by atoms with E-state index in [4.69, 9.17) is 5.73 Å². The molecular formula is C15H20N2O. The van der Waals surface area contributed by atoms with Gasteiger partial charge < -0.3 is 10.7 Å². The van der Waals surface area contributed by atoms with Crippen molar-refractivity contribution in [2.24, 2.45) is 11.7 Å². The van der Waals surface area contributed by atoms with E-state index in [1.807, 2.05) is 38.2 Å². The number of hydrogen-bond donors (Lipinski definition) is 2. The van der Waals surface area contributed by atoms with E-state index in [0.717, 1.165) is 22.9 Å². The molecule has 1 aromatic carbocycles. The van der Waals surface area contributed by atoms with Crippen LogP contribution in [0.3, 0.4) is 0 Å². The molecule has 2 rings (SSSR count). The van der Waals surface area contributed by atoms with Gasteiger partial charge in [0.1, 0.15) is 0 Å². The largest absolute Gasteiger partial charge is 0.361 e. The number of ketones is 1. The van der Waals surface area contributed by atoms with Crippen molar-refractivity contribution in [3.63, 3.8) is 0 Å². The second-order valence-corrected chi connectivity index (χ2v) is 4.88. The number of carbonyl (C=O) groups excluding carboxylic acids is 1. The summed E-state index contributed by atoms with van der Waals surface area (Å²) in [6, 6.07) is 7.68. The minimum atomic E-state index is -0.404. The molecule has 18 heavy (non-hydrogen) atoms. The Labute approximate surface area is 107 Å². The molecule has 3 nitrogen and oxygen atoms in total. The lowest BCUT2D eigenvalue weighted by Crippen LogP contribution is -2.36. The van der Waals surface area contributed by atoms with Crippen LogP contribution < -0.4 is 5.73 Å². The van der Waals surface area contributed by atoms with Crippen LogP contribution >= 0.6 is 0 Å². The second kappa shape index (κ2) is 5.36. The molecule has 0 saturated heterocycles. The third-order valence-corrected chi connectivity index (χ3v) is 3.58. The van der Waals surface area contributed by atoms with Gasteiger partial charge in [0.2, 0.25) is 0 Å². The number of hydrogen-bond acceptors (Lipinski definition) is 2. The zero-order valence-corrected chi connectivity index (χ0v) is 10.9. The smallest absolute Gasteiger partial charge is 0.152 e. The van der Waals surface area contributed by atoms with Gasteiger partial charge in [-0.05, 0) is 24.5 Å². The van der Waals surface area contributed by atoms with Crippen molar-refractivity contribution in [2.75, 3.05) is 0 Å². The molecule has 0 saturated carbocycles. The molecule has 0 spiro atoms. The lowest BCUT2D eigenvalue weighted by atomic mass is 9.93. The Hall–Kier alpha value is -1.61. The van der Waals surface area contributed by atoms with Crippen molar-refractivity contribution < 1.29 is 4.79 Å². The quantitative estimate of drug-likeness (QED) is 0.849. The van der Waals surface area contributed by atoms with Crippen molar-refractivity contribution >= 4 is 16.7 Å². The molecule has 0 bridgehead atoms. The fourth-order valence-corrected chi connectivity index (χ4v) is 2.20. The molecule has 1 heterocycles. The summed E-state index contributed by atoms with van der Waals surface area (Å²) in [4.78, 5) is 15.2. The molecule has 0 fully saturated rings. The van der Waals surface area contributed by atoms with E-state index in [0.29, 0.717) is 6.42 Å². The van der Waals surface area contributed by atoms with Crippen LogP contribution in [0.25, 0.3) is 10.9 Å². The Morgan fingerprint density at radius 2 is 2.11 bits per heavy atom. The lowest BCUT2D eigenvalue weighted by Gasteiger charge is -2.14. The summed E-state index contributed by atoms with van der Waals surface area (Å²) in [5, 5.41) is 1.16. The lowest BCUT2D eigenvalue weighted by molar-refractivity contribution is -0.123. The van der Waals surface area contributed by atoms with E-state index in [2.05, 4.69) is 11.1 Å². The van der Waals surface area contributed by atoms with E-state index in [9.17, 15) is 4.79 Å². The summed E-state index contributed by atoms with van der Waals surface area (Å²) >= 11 is 0. The Balaban J connectivity index is 2.16. The highest BCUT2D eigenvalue weighted by Crippen LogP contribution is 2.19. The normalized spacial score (nSPS) is 14.6. The molecule has 0 aliphatic carbocycles. The highest BCUT2D eigenvalue weighted by atomic mass is 16.1. The first-order chi connectivity index (χ1) is 8.63. The number of nitrogens with two attached hydrogens (primary N) is 1. The summed E-state index contributed by atoms with van der Waals surface area (Å²) < 4.78 is 0. The predicted octanol–water partition coefficient (Wildman–Crippen LogP) is 2.65. The molecule has 96 valence electrons. The fourth-order valence-electron chi connectivity index (χ4n) is 2.20. The van der Waals surface area contributed by atoms with E-state index < -0.39 is 6.04 Å². The van der Waals surface area contributed by atoms with Gasteiger partial charge in [0.15, 0.2) is 5.78 Å². The molecular weight excluding hydrogens is 224 g/mol. The van der Waals surface area contributed by atoms with Crippen molar-refractivity contribution in [3.05, 3.63) is 36.0 Å². The summed E-state index contributed by atoms with van der Waals surface area (Å²) in [5.41, 5.74) is 8.23. The standard InChI is InChI=1S/C15H20N2O/c1-3-10(2)15(18)13(16)8-11-9-17-14-7-5-4-6-12(11)14/h4-7,9-10,13,17H,3,8,16H2,1-2H3/t10?,13-/m1/s1. The van der Waals surface area contributed by atoms with Crippen LogP contribution in [0.2, 0.25) is 0 Å². The van der Waals surface area contributed by atoms with Gasteiger partial charge in [-0.25, -0.2) is 0 Å². The zero-order valence-electron chi connectivity index (χ0n) is 10.9. The highest BCUT2D eigenvalue weighted by molar-refractivity contribution is 5.88. The van der Waals surface area contributed by atoms with Crippen molar-refractivity contribution in [3.8, 4) is 0 Å². The maximum absolute atomic E-state index is 12.0. The molecule has 3 N–H and O–H groups in total. The third kappa shape index (κ3) is 2.46. The van der Waals surface area contributed by atoms with Crippen molar-refractivity contribution in [2.45, 2.75) is 32.7 Å². The van der Waals surface area contributed by atoms with Crippen molar-refractivity contribution in [1.82, 2.24) is 4.98 Å². The van der Waals surface area contributed by atoms with Gasteiger partial charge in [-0.3, -0.25) is 4.79 Å². The summed E-state index contributed by atoms with van der Waals surface area (Å²) in [6.07, 6.45) is 3.40.